The lowest BCUT2D eigenvalue weighted by atomic mass is 9.59. The minimum Gasteiger partial charge on any atom is -0.0622 e. The van der Waals surface area contributed by atoms with Crippen molar-refractivity contribution in [2.45, 2.75) is 23.7 Å². The molecule has 3 aliphatic rings. The average Bonchev–Trinajstić information content (AvgIpc) is 3.78. The molecule has 0 heteroatoms. The van der Waals surface area contributed by atoms with Crippen LogP contribution in [-0.4, -0.2) is 0 Å². The maximum absolute atomic E-state index is 2.64. The molecule has 0 radical (unpaired) electrons. The highest BCUT2D eigenvalue weighted by Crippen LogP contribution is 2.59. The molecule has 0 nitrogen and oxygen atoms in total. The van der Waals surface area contributed by atoms with Crippen molar-refractivity contribution in [3.8, 4) is 55.6 Å². The largest absolute Gasteiger partial charge is 0.0622 e. The molecule has 14 rings (SSSR count). The zero-order valence-corrected chi connectivity index (χ0v) is 38.7. The molecular weight excluding hydrogens is 841 g/mol. The minimum atomic E-state index is 0.00134. The molecule has 11 aromatic carbocycles. The highest BCUT2D eigenvalue weighted by atomic mass is 14.5. The van der Waals surface area contributed by atoms with Crippen LogP contribution in [0, 0.1) is 0 Å². The van der Waals surface area contributed by atoms with Crippen LogP contribution in [0.15, 0.2) is 267 Å². The van der Waals surface area contributed by atoms with Crippen LogP contribution in [0.5, 0.6) is 0 Å². The lowest BCUT2D eigenvalue weighted by Crippen LogP contribution is -2.28. The molecule has 2 unspecified atom stereocenters. The summed E-state index contributed by atoms with van der Waals surface area (Å²) < 4.78 is 0. The first kappa shape index (κ1) is 40.5. The van der Waals surface area contributed by atoms with Gasteiger partial charge in [0.1, 0.15) is 0 Å². The van der Waals surface area contributed by atoms with Gasteiger partial charge in [0.05, 0.1) is 0 Å². The predicted octanol–water partition coefficient (Wildman–Crippen LogP) is 17.7. The molecule has 0 saturated heterocycles. The van der Waals surface area contributed by atoms with Gasteiger partial charge in [-0.25, -0.2) is 0 Å². The molecule has 0 aliphatic heterocycles. The normalized spacial score (nSPS) is 16.1. The second-order valence-corrected chi connectivity index (χ2v) is 19.4. The summed E-state index contributed by atoms with van der Waals surface area (Å²) in [5, 5.41) is 0. The van der Waals surface area contributed by atoms with Crippen LogP contribution in [-0.2, 0) is 0 Å². The molecule has 11 aromatic rings. The molecule has 0 bridgehead atoms. The minimum absolute atomic E-state index is 0.00134. The van der Waals surface area contributed by atoms with E-state index in [1.165, 1.54) is 122 Å². The number of hydrogen-bond donors (Lipinski definition) is 0. The Hall–Kier alpha value is -8.58. The molecule has 0 aromatic heterocycles. The average molecular weight is 889 g/mol. The molecule has 0 saturated carbocycles. The van der Waals surface area contributed by atoms with E-state index < -0.39 is 0 Å². The Balaban J connectivity index is 1.07. The molecule has 3 aliphatic carbocycles. The summed E-state index contributed by atoms with van der Waals surface area (Å²) in [7, 11) is 0. The molecule has 0 fully saturated rings. The number of fused-ring (bicyclic) bond motifs is 7. The Labute approximate surface area is 410 Å². The Morgan fingerprint density at radius 1 is 0.171 bits per heavy atom. The molecule has 0 amide bonds. The standard InChI is InChI=1S/C70H48/c1-5-17-45(18-6-1)49-29-33-51(34-30-49)66-60-39-37-53(47-21-9-3-10-22-47)41-62(60)69-63-42-54(48-23-11-4-12-24-48)38-40-61(63)67(52-35-31-50(32-36-52)46-19-7-2-8-20-46)65-44-55(43-64(66)70(65)69)68-58-27-15-13-25-56(58)57-26-14-16-28-59(57)68/h1-44,66-69H. The van der Waals surface area contributed by atoms with E-state index in [9.17, 15) is 0 Å². The van der Waals surface area contributed by atoms with Crippen molar-refractivity contribution < 1.29 is 0 Å². The topological polar surface area (TPSA) is 0 Å². The fraction of sp³-hybridized carbons (Fsp3) is 0.0571. The van der Waals surface area contributed by atoms with E-state index in [0.717, 1.165) is 0 Å². The molecule has 0 heterocycles. The van der Waals surface area contributed by atoms with E-state index in [-0.39, 0.29) is 23.7 Å². The number of rotatable bonds is 7. The predicted molar refractivity (Wildman–Crippen MR) is 290 cm³/mol. The summed E-state index contributed by atoms with van der Waals surface area (Å²) in [4.78, 5) is 0. The van der Waals surface area contributed by atoms with Gasteiger partial charge in [0, 0.05) is 23.7 Å². The first-order valence-corrected chi connectivity index (χ1v) is 24.8. The van der Waals surface area contributed by atoms with E-state index in [0.29, 0.717) is 0 Å². The Kier molecular flexibility index (Phi) is 9.59. The Morgan fingerprint density at radius 2 is 0.486 bits per heavy atom. The van der Waals surface area contributed by atoms with Crippen LogP contribution in [0.4, 0.5) is 0 Å². The van der Waals surface area contributed by atoms with E-state index in [1.807, 2.05) is 0 Å². The highest BCUT2D eigenvalue weighted by Gasteiger charge is 2.44. The lowest BCUT2D eigenvalue weighted by Gasteiger charge is -2.43. The van der Waals surface area contributed by atoms with Crippen LogP contribution in [0.3, 0.4) is 0 Å². The molecule has 0 spiro atoms. The van der Waals surface area contributed by atoms with Gasteiger partial charge in [0.15, 0.2) is 0 Å². The van der Waals surface area contributed by atoms with Gasteiger partial charge >= 0.3 is 0 Å². The maximum Gasteiger partial charge on any atom is 0.0352 e. The second kappa shape index (κ2) is 16.6. The smallest absolute Gasteiger partial charge is 0.0352 e. The third-order valence-corrected chi connectivity index (χ3v) is 15.7. The lowest BCUT2D eigenvalue weighted by molar-refractivity contribution is 0.749. The van der Waals surface area contributed by atoms with Crippen molar-refractivity contribution >= 4 is 0 Å². The summed E-state index contributed by atoms with van der Waals surface area (Å²) >= 11 is 0. The van der Waals surface area contributed by atoms with Crippen LogP contribution in [0.2, 0.25) is 0 Å². The van der Waals surface area contributed by atoms with Crippen LogP contribution < -0.4 is 0 Å². The highest BCUT2D eigenvalue weighted by molar-refractivity contribution is 5.82. The fourth-order valence-corrected chi connectivity index (χ4v) is 12.5. The quantitative estimate of drug-likeness (QED) is 0.150. The maximum atomic E-state index is 2.64. The summed E-state index contributed by atoms with van der Waals surface area (Å²) in [6.45, 7) is 0. The SMILES string of the molecule is c1ccc(-c2ccc(C3c4ccc(-c5ccccc5)cc4C4c5cc(-c6ccccc6)ccc5C(c5ccc(-c6ccccc6)cc5)c5cc(C6c7ccccc7-c7ccccc76)cc3c54)cc2)cc1. The molecule has 0 N–H and O–H groups in total. The first-order chi connectivity index (χ1) is 34.7. The van der Waals surface area contributed by atoms with Crippen molar-refractivity contribution in [3.63, 3.8) is 0 Å². The van der Waals surface area contributed by atoms with Crippen molar-refractivity contribution in [2.75, 3.05) is 0 Å². The molecule has 2 atom stereocenters. The summed E-state index contributed by atoms with van der Waals surface area (Å²) in [6, 6.07) is 101. The first-order valence-electron chi connectivity index (χ1n) is 24.8. The molecule has 328 valence electrons. The van der Waals surface area contributed by atoms with Gasteiger partial charge in [-0.2, -0.15) is 0 Å². The Morgan fingerprint density at radius 3 is 0.886 bits per heavy atom. The van der Waals surface area contributed by atoms with Gasteiger partial charge in [-0.15, -0.1) is 0 Å². The van der Waals surface area contributed by atoms with Gasteiger partial charge in [0.25, 0.3) is 0 Å². The summed E-state index contributed by atoms with van der Waals surface area (Å²) in [5.74, 6) is 0.112. The zero-order valence-electron chi connectivity index (χ0n) is 38.7. The van der Waals surface area contributed by atoms with Gasteiger partial charge in [0.2, 0.25) is 0 Å². The third-order valence-electron chi connectivity index (χ3n) is 15.7. The van der Waals surface area contributed by atoms with Crippen molar-refractivity contribution in [2.24, 2.45) is 0 Å². The van der Waals surface area contributed by atoms with Crippen LogP contribution >= 0.6 is 0 Å². The second-order valence-electron chi connectivity index (χ2n) is 19.4. The molecule has 70 heavy (non-hydrogen) atoms. The molecular formula is C70H48. The fourth-order valence-electron chi connectivity index (χ4n) is 12.5. The number of benzene rings is 11. The summed E-state index contributed by atoms with van der Waals surface area (Å²) in [6.07, 6.45) is 0. The Bertz CT molecular complexity index is 3490. The third kappa shape index (κ3) is 6.59. The number of hydrogen-bond acceptors (Lipinski definition) is 0. The van der Waals surface area contributed by atoms with Crippen molar-refractivity contribution in [1.82, 2.24) is 0 Å². The van der Waals surface area contributed by atoms with Gasteiger partial charge < -0.3 is 0 Å². The van der Waals surface area contributed by atoms with Crippen molar-refractivity contribution in [1.29, 1.82) is 0 Å². The van der Waals surface area contributed by atoms with Crippen molar-refractivity contribution in [3.05, 3.63) is 334 Å². The van der Waals surface area contributed by atoms with Gasteiger partial charge in [-0.3, -0.25) is 0 Å². The summed E-state index contributed by atoms with van der Waals surface area (Å²) in [5.41, 5.74) is 29.1. The van der Waals surface area contributed by atoms with E-state index in [2.05, 4.69) is 267 Å². The van der Waals surface area contributed by atoms with Crippen LogP contribution in [0.1, 0.15) is 90.4 Å². The van der Waals surface area contributed by atoms with Crippen LogP contribution in [0.25, 0.3) is 55.6 Å². The van der Waals surface area contributed by atoms with E-state index >= 15 is 0 Å². The van der Waals surface area contributed by atoms with E-state index in [1.54, 1.807) is 0 Å². The zero-order chi connectivity index (χ0) is 46.1. The monoisotopic (exact) mass is 888 g/mol. The van der Waals surface area contributed by atoms with Gasteiger partial charge in [-0.05, 0) is 135 Å². The van der Waals surface area contributed by atoms with E-state index in [4.69, 9.17) is 0 Å². The van der Waals surface area contributed by atoms with Gasteiger partial charge in [-0.1, -0.05) is 255 Å².